The van der Waals surface area contributed by atoms with Crippen molar-refractivity contribution < 1.29 is 27.2 Å². The molecule has 1 atom stereocenters. The number of carbonyl (C=O) groups is 2. The standard InChI is InChI=1S/C32H28F4N4O2/c1-22(24-7-3-2-4-8-24)40(30(41)32(34,35)36)29-19-28(15-17-37-29)39(20-23-11-13-27(33)14-12-23)31(42)38-18-16-25-9-5-6-10-26(25)21-38/h2-15,17,19,22H,16,18,20-21H2,1H3/t22-/m0/s1. The number of fused-ring (bicyclic) bond motifs is 1. The van der Waals surface area contributed by atoms with Gasteiger partial charge in [-0.05, 0) is 53.8 Å². The quantitative estimate of drug-likeness (QED) is 0.231. The highest BCUT2D eigenvalue weighted by Gasteiger charge is 2.45. The van der Waals surface area contributed by atoms with Gasteiger partial charge in [-0.3, -0.25) is 14.6 Å². The summed E-state index contributed by atoms with van der Waals surface area (Å²) in [6, 6.07) is 23.2. The number of alkyl halides is 3. The Morgan fingerprint density at radius 2 is 1.60 bits per heavy atom. The van der Waals surface area contributed by atoms with Crippen molar-refractivity contribution in [1.29, 1.82) is 0 Å². The van der Waals surface area contributed by atoms with E-state index in [0.717, 1.165) is 11.1 Å². The number of nitrogens with zero attached hydrogens (tertiary/aromatic N) is 4. The first kappa shape index (κ1) is 28.8. The third-order valence-corrected chi connectivity index (χ3v) is 7.30. The summed E-state index contributed by atoms with van der Waals surface area (Å²) < 4.78 is 55.1. The maximum absolute atomic E-state index is 14.0. The molecule has 1 aliphatic rings. The van der Waals surface area contributed by atoms with Crippen LogP contribution in [-0.2, 0) is 24.3 Å². The summed E-state index contributed by atoms with van der Waals surface area (Å²) in [7, 11) is 0. The number of benzene rings is 3. The van der Waals surface area contributed by atoms with Crippen LogP contribution < -0.4 is 9.80 Å². The topological polar surface area (TPSA) is 56.8 Å². The van der Waals surface area contributed by atoms with Crippen LogP contribution in [0.5, 0.6) is 0 Å². The van der Waals surface area contributed by atoms with E-state index in [9.17, 15) is 27.2 Å². The van der Waals surface area contributed by atoms with E-state index in [4.69, 9.17) is 0 Å². The van der Waals surface area contributed by atoms with Gasteiger partial charge in [0.1, 0.15) is 11.6 Å². The molecule has 3 aromatic carbocycles. The summed E-state index contributed by atoms with van der Waals surface area (Å²) in [5, 5.41) is 0. The Labute approximate surface area is 240 Å². The van der Waals surface area contributed by atoms with Crippen molar-refractivity contribution in [1.82, 2.24) is 9.88 Å². The lowest BCUT2D eigenvalue weighted by atomic mass is 10.0. The van der Waals surface area contributed by atoms with Crippen LogP contribution in [0.25, 0.3) is 0 Å². The summed E-state index contributed by atoms with van der Waals surface area (Å²) in [5.41, 5.74) is 3.49. The molecule has 0 N–H and O–H groups in total. The van der Waals surface area contributed by atoms with Crippen LogP contribution >= 0.6 is 0 Å². The highest BCUT2D eigenvalue weighted by molar-refractivity contribution is 5.98. The van der Waals surface area contributed by atoms with E-state index in [1.807, 2.05) is 24.3 Å². The second-order valence-electron chi connectivity index (χ2n) is 10.1. The van der Waals surface area contributed by atoms with E-state index in [-0.39, 0.29) is 24.1 Å². The normalized spacial score (nSPS) is 13.7. The van der Waals surface area contributed by atoms with Crippen molar-refractivity contribution in [2.24, 2.45) is 0 Å². The molecule has 0 spiro atoms. The Hall–Kier alpha value is -4.73. The number of pyridine rings is 1. The summed E-state index contributed by atoms with van der Waals surface area (Å²) in [6.45, 7) is 2.30. The van der Waals surface area contributed by atoms with Crippen LogP contribution in [0, 0.1) is 5.82 Å². The van der Waals surface area contributed by atoms with Gasteiger partial charge in [-0.25, -0.2) is 14.2 Å². The highest BCUT2D eigenvalue weighted by Crippen LogP contribution is 2.33. The number of hydrogen-bond acceptors (Lipinski definition) is 3. The van der Waals surface area contributed by atoms with Crippen LogP contribution in [-0.4, -0.2) is 34.5 Å². The SMILES string of the molecule is C[C@@H](c1ccccc1)N(C(=O)C(F)(F)F)c1cc(N(Cc2ccc(F)cc2)C(=O)N2CCc3ccccc3C2)ccn1. The molecule has 6 nitrogen and oxygen atoms in total. The molecule has 0 bridgehead atoms. The van der Waals surface area contributed by atoms with Crippen molar-refractivity contribution >= 4 is 23.4 Å². The minimum absolute atomic E-state index is 0.0160. The predicted molar refractivity (Wildman–Crippen MR) is 151 cm³/mol. The Balaban J connectivity index is 1.54. The van der Waals surface area contributed by atoms with Crippen LogP contribution in [0.2, 0.25) is 0 Å². The molecule has 0 saturated carbocycles. The van der Waals surface area contributed by atoms with Crippen molar-refractivity contribution in [3.05, 3.63) is 125 Å². The number of anilines is 2. The molecule has 216 valence electrons. The molecule has 0 aliphatic carbocycles. The zero-order valence-electron chi connectivity index (χ0n) is 22.8. The summed E-state index contributed by atoms with van der Waals surface area (Å²) in [5.74, 6) is -2.77. The molecule has 0 saturated heterocycles. The molecular weight excluding hydrogens is 548 g/mol. The fourth-order valence-corrected chi connectivity index (χ4v) is 5.07. The van der Waals surface area contributed by atoms with Crippen molar-refractivity contribution in [3.8, 4) is 0 Å². The van der Waals surface area contributed by atoms with E-state index in [1.165, 1.54) is 42.3 Å². The maximum atomic E-state index is 14.0. The number of hydrogen-bond donors (Lipinski definition) is 0. The average Bonchev–Trinajstić information content (AvgIpc) is 3.00. The minimum Gasteiger partial charge on any atom is -0.320 e. The lowest BCUT2D eigenvalue weighted by Crippen LogP contribution is -2.45. The minimum atomic E-state index is -5.16. The maximum Gasteiger partial charge on any atom is 0.471 e. The van der Waals surface area contributed by atoms with Crippen LogP contribution in [0.15, 0.2) is 97.2 Å². The highest BCUT2D eigenvalue weighted by atomic mass is 19.4. The van der Waals surface area contributed by atoms with Gasteiger partial charge >= 0.3 is 18.1 Å². The van der Waals surface area contributed by atoms with E-state index in [2.05, 4.69) is 4.98 Å². The number of carbonyl (C=O) groups excluding carboxylic acids is 2. The number of rotatable bonds is 6. The number of amides is 3. The van der Waals surface area contributed by atoms with Gasteiger partial charge in [-0.2, -0.15) is 13.2 Å². The summed E-state index contributed by atoms with van der Waals surface area (Å²) >= 11 is 0. The molecular formula is C32H28F4N4O2. The van der Waals surface area contributed by atoms with E-state index >= 15 is 0 Å². The first-order valence-electron chi connectivity index (χ1n) is 13.4. The zero-order valence-corrected chi connectivity index (χ0v) is 22.8. The van der Waals surface area contributed by atoms with Gasteiger partial charge in [0.05, 0.1) is 18.3 Å². The van der Waals surface area contributed by atoms with Gasteiger partial charge in [-0.15, -0.1) is 0 Å². The molecule has 1 aliphatic heterocycles. The molecule has 4 aromatic rings. The lowest BCUT2D eigenvalue weighted by molar-refractivity contribution is -0.171. The zero-order chi connectivity index (χ0) is 29.9. The Bertz CT molecular complexity index is 1560. The molecule has 3 amide bonds. The monoisotopic (exact) mass is 576 g/mol. The summed E-state index contributed by atoms with van der Waals surface area (Å²) in [4.78, 5) is 34.5. The van der Waals surface area contributed by atoms with Crippen LogP contribution in [0.4, 0.5) is 33.9 Å². The van der Waals surface area contributed by atoms with Crippen LogP contribution in [0.1, 0.15) is 35.2 Å². The van der Waals surface area contributed by atoms with Gasteiger partial charge in [0.2, 0.25) is 0 Å². The molecule has 10 heteroatoms. The second kappa shape index (κ2) is 12.0. The second-order valence-corrected chi connectivity index (χ2v) is 10.1. The largest absolute Gasteiger partial charge is 0.471 e. The smallest absolute Gasteiger partial charge is 0.320 e. The van der Waals surface area contributed by atoms with E-state index < -0.39 is 23.9 Å². The van der Waals surface area contributed by atoms with Gasteiger partial charge in [0.15, 0.2) is 0 Å². The van der Waals surface area contributed by atoms with Crippen LogP contribution in [0.3, 0.4) is 0 Å². The molecule has 42 heavy (non-hydrogen) atoms. The van der Waals surface area contributed by atoms with Gasteiger partial charge in [0.25, 0.3) is 0 Å². The Kier molecular flexibility index (Phi) is 8.24. The molecule has 0 radical (unpaired) electrons. The van der Waals surface area contributed by atoms with E-state index in [1.54, 1.807) is 47.4 Å². The van der Waals surface area contributed by atoms with Crippen molar-refractivity contribution in [2.45, 2.75) is 38.7 Å². The summed E-state index contributed by atoms with van der Waals surface area (Å²) in [6.07, 6.45) is -3.24. The molecule has 2 heterocycles. The molecule has 0 fully saturated rings. The molecule has 0 unspecified atom stereocenters. The van der Waals surface area contributed by atoms with Crippen molar-refractivity contribution in [3.63, 3.8) is 0 Å². The first-order valence-corrected chi connectivity index (χ1v) is 13.4. The Morgan fingerprint density at radius 1 is 0.929 bits per heavy atom. The fraction of sp³-hybridized carbons (Fsp3) is 0.219. The molecule has 1 aromatic heterocycles. The number of urea groups is 1. The predicted octanol–water partition coefficient (Wildman–Crippen LogP) is 7.06. The van der Waals surface area contributed by atoms with Gasteiger partial charge < -0.3 is 4.90 Å². The number of halogens is 4. The Morgan fingerprint density at radius 3 is 2.29 bits per heavy atom. The van der Waals surface area contributed by atoms with Gasteiger partial charge in [-0.1, -0.05) is 66.7 Å². The molecule has 5 rings (SSSR count). The van der Waals surface area contributed by atoms with E-state index in [0.29, 0.717) is 35.5 Å². The van der Waals surface area contributed by atoms with Gasteiger partial charge in [0, 0.05) is 25.4 Å². The average molecular weight is 577 g/mol. The first-order chi connectivity index (χ1) is 20.1. The third kappa shape index (κ3) is 6.27. The lowest BCUT2D eigenvalue weighted by Gasteiger charge is -2.35. The third-order valence-electron chi connectivity index (χ3n) is 7.30. The van der Waals surface area contributed by atoms with Crippen molar-refractivity contribution in [2.75, 3.05) is 16.3 Å². The fourth-order valence-electron chi connectivity index (χ4n) is 5.07. The number of aromatic nitrogens is 1.